The van der Waals surface area contributed by atoms with Crippen LogP contribution in [0.2, 0.25) is 0 Å². The first kappa shape index (κ1) is 15.9. The molecule has 22 heavy (non-hydrogen) atoms. The first-order chi connectivity index (χ1) is 10.6. The summed E-state index contributed by atoms with van der Waals surface area (Å²) in [6.45, 7) is 3.37. The topological polar surface area (TPSA) is 52.7 Å². The van der Waals surface area contributed by atoms with Gasteiger partial charge in [-0.15, -0.1) is 0 Å². The molecule has 0 radical (unpaired) electrons. The number of hydrogen-bond donors (Lipinski definition) is 1. The van der Waals surface area contributed by atoms with Gasteiger partial charge in [0.2, 0.25) is 0 Å². The maximum absolute atomic E-state index is 12.9. The van der Waals surface area contributed by atoms with Gasteiger partial charge in [-0.25, -0.2) is 0 Å². The first-order valence-electron chi connectivity index (χ1n) is 8.08. The Bertz CT molecular complexity index is 610. The zero-order chi connectivity index (χ0) is 15.6. The summed E-state index contributed by atoms with van der Waals surface area (Å²) in [7, 11) is -1.37. The second-order valence-electron chi connectivity index (χ2n) is 6.26. The fourth-order valence-electron chi connectivity index (χ4n) is 3.46. The van der Waals surface area contributed by atoms with Crippen LogP contribution in [0.4, 0.5) is 0 Å². The maximum Gasteiger partial charge on any atom is 0.282 e. The Hall–Kier alpha value is -0.950. The zero-order valence-corrected chi connectivity index (χ0v) is 14.0. The molecular formula is C16H25N3O2S. The van der Waals surface area contributed by atoms with Crippen molar-refractivity contribution < 1.29 is 8.42 Å². The number of rotatable bonds is 4. The van der Waals surface area contributed by atoms with Gasteiger partial charge in [-0.2, -0.15) is 17.0 Å². The lowest BCUT2D eigenvalue weighted by Crippen LogP contribution is -2.49. The van der Waals surface area contributed by atoms with Crippen LogP contribution in [0, 0.1) is 5.92 Å². The van der Waals surface area contributed by atoms with Crippen molar-refractivity contribution in [3.63, 3.8) is 0 Å². The van der Waals surface area contributed by atoms with E-state index in [1.165, 1.54) is 5.56 Å². The summed E-state index contributed by atoms with van der Waals surface area (Å²) in [5.41, 5.74) is 2.42. The van der Waals surface area contributed by atoms with Crippen LogP contribution in [0.1, 0.15) is 24.0 Å². The molecule has 122 valence electrons. The number of nitrogens with one attached hydrogen (secondary N) is 1. The van der Waals surface area contributed by atoms with Crippen molar-refractivity contribution in [2.45, 2.75) is 25.8 Å². The molecule has 5 nitrogen and oxygen atoms in total. The molecule has 3 rings (SSSR count). The van der Waals surface area contributed by atoms with Crippen LogP contribution < -0.4 is 5.32 Å². The van der Waals surface area contributed by atoms with Crippen LogP contribution in [-0.2, 0) is 23.2 Å². The van der Waals surface area contributed by atoms with E-state index in [2.05, 4.69) is 11.4 Å². The molecule has 0 aliphatic carbocycles. The van der Waals surface area contributed by atoms with Crippen LogP contribution in [0.5, 0.6) is 0 Å². The number of fused-ring (bicyclic) bond motifs is 1. The minimum Gasteiger partial charge on any atom is -0.319 e. The molecule has 0 aromatic heterocycles. The third kappa shape index (κ3) is 3.20. The average Bonchev–Trinajstić information content (AvgIpc) is 2.55. The number of piperidine rings is 1. The SMILES string of the molecule is CNCC1CCN(S(=O)(=O)N2CCc3ccccc3C2)CC1. The van der Waals surface area contributed by atoms with Gasteiger partial charge < -0.3 is 5.32 Å². The lowest BCUT2D eigenvalue weighted by Gasteiger charge is -2.36. The summed E-state index contributed by atoms with van der Waals surface area (Å²) >= 11 is 0. The van der Waals surface area contributed by atoms with Crippen LogP contribution in [-0.4, -0.2) is 50.3 Å². The van der Waals surface area contributed by atoms with Gasteiger partial charge >= 0.3 is 0 Å². The fourth-order valence-corrected chi connectivity index (χ4v) is 5.09. The molecule has 0 spiro atoms. The summed E-state index contributed by atoms with van der Waals surface area (Å²) in [6.07, 6.45) is 2.71. The Morgan fingerprint density at radius 1 is 1.09 bits per heavy atom. The zero-order valence-electron chi connectivity index (χ0n) is 13.2. The third-order valence-corrected chi connectivity index (χ3v) is 6.80. The Labute approximate surface area is 133 Å². The van der Waals surface area contributed by atoms with Crippen molar-refractivity contribution in [1.29, 1.82) is 0 Å². The molecule has 1 aromatic rings. The van der Waals surface area contributed by atoms with Gasteiger partial charge in [-0.3, -0.25) is 0 Å². The van der Waals surface area contributed by atoms with E-state index in [1.54, 1.807) is 8.61 Å². The smallest absolute Gasteiger partial charge is 0.282 e. The molecule has 2 heterocycles. The van der Waals surface area contributed by atoms with Crippen molar-refractivity contribution in [3.8, 4) is 0 Å². The Morgan fingerprint density at radius 2 is 1.77 bits per heavy atom. The molecule has 0 bridgehead atoms. The van der Waals surface area contributed by atoms with E-state index >= 15 is 0 Å². The fraction of sp³-hybridized carbons (Fsp3) is 0.625. The van der Waals surface area contributed by atoms with Crippen LogP contribution in [0.3, 0.4) is 0 Å². The Balaban J connectivity index is 1.67. The van der Waals surface area contributed by atoms with Crippen LogP contribution in [0.25, 0.3) is 0 Å². The number of nitrogens with zero attached hydrogens (tertiary/aromatic N) is 2. The molecular weight excluding hydrogens is 298 g/mol. The van der Waals surface area contributed by atoms with E-state index in [-0.39, 0.29) is 0 Å². The molecule has 2 aliphatic rings. The van der Waals surface area contributed by atoms with E-state index in [1.807, 2.05) is 25.2 Å². The predicted molar refractivity (Wildman–Crippen MR) is 87.7 cm³/mol. The standard InChI is InChI=1S/C16H25N3O2S/c1-17-12-14-6-9-18(10-7-14)22(20,21)19-11-8-15-4-2-3-5-16(15)13-19/h2-5,14,17H,6-13H2,1H3. The molecule has 0 saturated carbocycles. The highest BCUT2D eigenvalue weighted by atomic mass is 32.2. The molecule has 1 saturated heterocycles. The highest BCUT2D eigenvalue weighted by Gasteiger charge is 2.34. The summed E-state index contributed by atoms with van der Waals surface area (Å²) in [5.74, 6) is 0.596. The highest BCUT2D eigenvalue weighted by molar-refractivity contribution is 7.86. The van der Waals surface area contributed by atoms with Crippen molar-refractivity contribution in [2.75, 3.05) is 33.2 Å². The minimum absolute atomic E-state index is 0.509. The molecule has 6 heteroatoms. The monoisotopic (exact) mass is 323 g/mol. The van der Waals surface area contributed by atoms with Crippen molar-refractivity contribution in [2.24, 2.45) is 5.92 Å². The molecule has 0 unspecified atom stereocenters. The van der Waals surface area contributed by atoms with Gasteiger partial charge in [0.15, 0.2) is 0 Å². The van der Waals surface area contributed by atoms with E-state index in [4.69, 9.17) is 0 Å². The quantitative estimate of drug-likeness (QED) is 0.906. The maximum atomic E-state index is 12.9. The highest BCUT2D eigenvalue weighted by Crippen LogP contribution is 2.25. The molecule has 1 aromatic carbocycles. The predicted octanol–water partition coefficient (Wildman–Crippen LogP) is 1.22. The van der Waals surface area contributed by atoms with E-state index in [9.17, 15) is 8.42 Å². The van der Waals surface area contributed by atoms with Gasteiger partial charge in [0.25, 0.3) is 10.2 Å². The largest absolute Gasteiger partial charge is 0.319 e. The molecule has 1 N–H and O–H groups in total. The van der Waals surface area contributed by atoms with Crippen LogP contribution >= 0.6 is 0 Å². The normalized spacial score (nSPS) is 21.7. The van der Waals surface area contributed by atoms with Crippen molar-refractivity contribution in [3.05, 3.63) is 35.4 Å². The van der Waals surface area contributed by atoms with Crippen molar-refractivity contribution in [1.82, 2.24) is 13.9 Å². The molecule has 2 aliphatic heterocycles. The lowest BCUT2D eigenvalue weighted by molar-refractivity contribution is 0.248. The summed E-state index contributed by atoms with van der Waals surface area (Å²) < 4.78 is 29.0. The first-order valence-corrected chi connectivity index (χ1v) is 9.47. The Morgan fingerprint density at radius 3 is 2.45 bits per heavy atom. The van der Waals surface area contributed by atoms with Gasteiger partial charge in [-0.1, -0.05) is 24.3 Å². The summed E-state index contributed by atoms with van der Waals surface area (Å²) in [6, 6.07) is 8.15. The molecule has 0 atom stereocenters. The minimum atomic E-state index is -3.32. The number of benzene rings is 1. The average molecular weight is 323 g/mol. The van der Waals surface area contributed by atoms with Gasteiger partial charge in [-0.05, 0) is 49.9 Å². The van der Waals surface area contributed by atoms with Gasteiger partial charge in [0.05, 0.1) is 0 Å². The molecule has 1 fully saturated rings. The second kappa shape index (κ2) is 6.66. The third-order valence-electron chi connectivity index (χ3n) is 4.81. The van der Waals surface area contributed by atoms with Crippen LogP contribution in [0.15, 0.2) is 24.3 Å². The van der Waals surface area contributed by atoms with E-state index < -0.39 is 10.2 Å². The van der Waals surface area contributed by atoms with Gasteiger partial charge in [0.1, 0.15) is 0 Å². The van der Waals surface area contributed by atoms with Crippen molar-refractivity contribution >= 4 is 10.2 Å². The second-order valence-corrected chi connectivity index (χ2v) is 8.19. The Kier molecular flexibility index (Phi) is 4.82. The van der Waals surface area contributed by atoms with Gasteiger partial charge in [0, 0.05) is 26.2 Å². The summed E-state index contributed by atoms with van der Waals surface area (Å²) in [4.78, 5) is 0. The van der Waals surface area contributed by atoms with E-state index in [0.717, 1.165) is 31.4 Å². The summed E-state index contributed by atoms with van der Waals surface area (Å²) in [5, 5.41) is 3.19. The molecule has 0 amide bonds. The number of hydrogen-bond acceptors (Lipinski definition) is 3. The van der Waals surface area contributed by atoms with E-state index in [0.29, 0.717) is 32.1 Å². The lowest BCUT2D eigenvalue weighted by atomic mass is 9.98.